The Morgan fingerprint density at radius 1 is 1.43 bits per heavy atom. The Labute approximate surface area is 125 Å². The molecule has 2 N–H and O–H groups in total. The van der Waals surface area contributed by atoms with Crippen LogP contribution in [0.3, 0.4) is 0 Å². The molecule has 8 heteroatoms. The molecule has 0 amide bonds. The van der Waals surface area contributed by atoms with E-state index in [4.69, 9.17) is 4.74 Å². The summed E-state index contributed by atoms with van der Waals surface area (Å²) in [6.45, 7) is 0.943. The van der Waals surface area contributed by atoms with Crippen LogP contribution in [0.5, 0.6) is 0 Å². The van der Waals surface area contributed by atoms with Gasteiger partial charge >= 0.3 is 0 Å². The number of likely N-dealkylation sites (N-methyl/N-ethyl adjacent to an activating group) is 1. The topological polar surface area (TPSA) is 91.8 Å². The molecule has 0 aromatic carbocycles. The Morgan fingerprint density at radius 3 is 2.62 bits per heavy atom. The summed E-state index contributed by atoms with van der Waals surface area (Å²) in [6.07, 6.45) is 2.18. The zero-order valence-corrected chi connectivity index (χ0v) is 13.1. The van der Waals surface area contributed by atoms with Crippen LogP contribution in [0.4, 0.5) is 5.82 Å². The number of aromatic nitrogens is 1. The van der Waals surface area contributed by atoms with E-state index >= 15 is 0 Å². The average molecular weight is 315 g/mol. The van der Waals surface area contributed by atoms with Gasteiger partial charge in [0.2, 0.25) is 10.0 Å². The van der Waals surface area contributed by atoms with Crippen molar-refractivity contribution in [3.63, 3.8) is 0 Å². The van der Waals surface area contributed by atoms with Gasteiger partial charge in [-0.05, 0) is 12.1 Å². The van der Waals surface area contributed by atoms with Gasteiger partial charge in [0.15, 0.2) is 0 Å². The lowest BCUT2D eigenvalue weighted by molar-refractivity contribution is -0.0689. The molecule has 1 aliphatic heterocycles. The van der Waals surface area contributed by atoms with Crippen molar-refractivity contribution in [2.45, 2.75) is 23.3 Å². The first-order valence-electron chi connectivity index (χ1n) is 6.78. The Bertz CT molecular complexity index is 568. The molecular formula is C13H21N3O4S. The summed E-state index contributed by atoms with van der Waals surface area (Å²) in [5.74, 6) is 0.597. The zero-order chi connectivity index (χ0) is 15.5. The third kappa shape index (κ3) is 3.70. The van der Waals surface area contributed by atoms with Gasteiger partial charge in [-0.3, -0.25) is 0 Å². The van der Waals surface area contributed by atoms with E-state index in [-0.39, 0.29) is 11.4 Å². The summed E-state index contributed by atoms with van der Waals surface area (Å²) in [5.41, 5.74) is -1.03. The number of pyridine rings is 1. The monoisotopic (exact) mass is 315 g/mol. The third-order valence-corrected chi connectivity index (χ3v) is 5.43. The smallest absolute Gasteiger partial charge is 0.244 e. The molecule has 0 aliphatic carbocycles. The largest absolute Gasteiger partial charge is 0.388 e. The van der Waals surface area contributed by atoms with Crippen LogP contribution in [0, 0.1) is 0 Å². The minimum absolute atomic E-state index is 0.0481. The molecule has 1 saturated heterocycles. The fraction of sp³-hybridized carbons (Fsp3) is 0.615. The predicted molar refractivity (Wildman–Crippen MR) is 78.6 cm³/mol. The molecule has 0 bridgehead atoms. The Balaban J connectivity index is 2.13. The van der Waals surface area contributed by atoms with Gasteiger partial charge in [-0.25, -0.2) is 13.4 Å². The van der Waals surface area contributed by atoms with Crippen LogP contribution in [0.1, 0.15) is 12.8 Å². The lowest BCUT2D eigenvalue weighted by Gasteiger charge is -2.34. The molecular weight excluding hydrogens is 294 g/mol. The van der Waals surface area contributed by atoms with E-state index in [9.17, 15) is 13.5 Å². The SMILES string of the molecule is CNc1ccc(S(=O)(=O)N(C)CC2(O)CCOCC2)cn1. The molecule has 0 spiro atoms. The van der Waals surface area contributed by atoms with Crippen LogP contribution in [0.25, 0.3) is 0 Å². The number of anilines is 1. The number of sulfonamides is 1. The number of aliphatic hydroxyl groups is 1. The number of rotatable bonds is 5. The Morgan fingerprint density at radius 2 is 2.10 bits per heavy atom. The van der Waals surface area contributed by atoms with Crippen LogP contribution >= 0.6 is 0 Å². The van der Waals surface area contributed by atoms with Crippen LogP contribution < -0.4 is 5.32 Å². The summed E-state index contributed by atoms with van der Waals surface area (Å²) in [5, 5.41) is 13.3. The number of hydrogen-bond donors (Lipinski definition) is 2. The van der Waals surface area contributed by atoms with Crippen LogP contribution in [-0.2, 0) is 14.8 Å². The molecule has 0 atom stereocenters. The van der Waals surface area contributed by atoms with Crippen LogP contribution in [0.2, 0.25) is 0 Å². The molecule has 0 radical (unpaired) electrons. The van der Waals surface area contributed by atoms with E-state index in [0.29, 0.717) is 31.9 Å². The number of nitrogens with one attached hydrogen (secondary N) is 1. The van der Waals surface area contributed by atoms with E-state index < -0.39 is 15.6 Å². The number of nitrogens with zero attached hydrogens (tertiary/aromatic N) is 2. The van der Waals surface area contributed by atoms with E-state index in [1.165, 1.54) is 23.6 Å². The second kappa shape index (κ2) is 6.27. The minimum Gasteiger partial charge on any atom is -0.388 e. The number of hydrogen-bond acceptors (Lipinski definition) is 6. The molecule has 1 aromatic rings. The first kappa shape index (κ1) is 16.2. The molecule has 118 valence electrons. The molecule has 7 nitrogen and oxygen atoms in total. The molecule has 21 heavy (non-hydrogen) atoms. The van der Waals surface area contributed by atoms with Gasteiger partial charge in [0.05, 0.1) is 5.60 Å². The van der Waals surface area contributed by atoms with Gasteiger partial charge in [-0.2, -0.15) is 4.31 Å². The van der Waals surface area contributed by atoms with Crippen LogP contribution in [-0.4, -0.2) is 62.3 Å². The van der Waals surface area contributed by atoms with Crippen LogP contribution in [0.15, 0.2) is 23.2 Å². The summed E-state index contributed by atoms with van der Waals surface area (Å²) in [6, 6.07) is 3.10. The van der Waals surface area contributed by atoms with Gasteiger partial charge in [-0.15, -0.1) is 0 Å². The highest BCUT2D eigenvalue weighted by Gasteiger charge is 2.35. The molecule has 0 unspecified atom stereocenters. The minimum atomic E-state index is -3.66. The highest BCUT2D eigenvalue weighted by molar-refractivity contribution is 7.89. The van der Waals surface area contributed by atoms with Crippen molar-refractivity contribution >= 4 is 15.8 Å². The second-order valence-corrected chi connectivity index (χ2v) is 7.27. The predicted octanol–water partition coefficient (Wildman–Crippen LogP) is 0.285. The first-order chi connectivity index (χ1) is 9.87. The van der Waals surface area contributed by atoms with E-state index in [2.05, 4.69) is 10.3 Å². The summed E-state index contributed by atoms with van der Waals surface area (Å²) in [7, 11) is -0.481. The summed E-state index contributed by atoms with van der Waals surface area (Å²) >= 11 is 0. The van der Waals surface area contributed by atoms with Crippen molar-refractivity contribution in [2.75, 3.05) is 39.2 Å². The van der Waals surface area contributed by atoms with Gasteiger partial charge in [-0.1, -0.05) is 0 Å². The highest BCUT2D eigenvalue weighted by Crippen LogP contribution is 2.24. The average Bonchev–Trinajstić information content (AvgIpc) is 2.47. The van der Waals surface area contributed by atoms with E-state index in [1.807, 2.05) is 0 Å². The summed E-state index contributed by atoms with van der Waals surface area (Å²) in [4.78, 5) is 4.12. The maximum absolute atomic E-state index is 12.5. The van der Waals surface area contributed by atoms with Gasteiger partial charge in [0.1, 0.15) is 10.7 Å². The van der Waals surface area contributed by atoms with Crippen molar-refractivity contribution < 1.29 is 18.3 Å². The van der Waals surface area contributed by atoms with Crippen molar-refractivity contribution in [1.82, 2.24) is 9.29 Å². The Hall–Kier alpha value is -1.22. The van der Waals surface area contributed by atoms with E-state index in [1.54, 1.807) is 13.1 Å². The van der Waals surface area contributed by atoms with Crippen molar-refractivity contribution in [3.8, 4) is 0 Å². The quantitative estimate of drug-likeness (QED) is 0.811. The number of ether oxygens (including phenoxy) is 1. The third-order valence-electron chi connectivity index (χ3n) is 3.64. The second-order valence-electron chi connectivity index (χ2n) is 5.23. The van der Waals surface area contributed by atoms with Gasteiger partial charge in [0, 0.05) is 52.9 Å². The zero-order valence-electron chi connectivity index (χ0n) is 12.2. The lowest BCUT2D eigenvalue weighted by Crippen LogP contribution is -2.47. The standard InChI is InChI=1S/C13H21N3O4S/c1-14-12-4-3-11(9-15-12)21(18,19)16(2)10-13(17)5-7-20-8-6-13/h3-4,9,17H,5-8,10H2,1-2H3,(H,14,15). The molecule has 2 rings (SSSR count). The molecule has 1 fully saturated rings. The molecule has 1 aliphatic rings. The van der Waals surface area contributed by atoms with Crippen molar-refractivity contribution in [3.05, 3.63) is 18.3 Å². The highest BCUT2D eigenvalue weighted by atomic mass is 32.2. The maximum atomic E-state index is 12.5. The molecule has 1 aromatic heterocycles. The van der Waals surface area contributed by atoms with Crippen molar-refractivity contribution in [2.24, 2.45) is 0 Å². The van der Waals surface area contributed by atoms with Gasteiger partial charge in [0.25, 0.3) is 0 Å². The lowest BCUT2D eigenvalue weighted by atomic mass is 9.95. The van der Waals surface area contributed by atoms with E-state index in [0.717, 1.165) is 0 Å². The first-order valence-corrected chi connectivity index (χ1v) is 8.22. The summed E-state index contributed by atoms with van der Waals surface area (Å²) < 4.78 is 31.3. The van der Waals surface area contributed by atoms with Gasteiger partial charge < -0.3 is 15.2 Å². The maximum Gasteiger partial charge on any atom is 0.244 e. The fourth-order valence-electron chi connectivity index (χ4n) is 2.27. The fourth-order valence-corrected chi connectivity index (χ4v) is 3.47. The van der Waals surface area contributed by atoms with Crippen molar-refractivity contribution in [1.29, 1.82) is 0 Å². The molecule has 2 heterocycles. The molecule has 0 saturated carbocycles. The normalized spacial score (nSPS) is 18.7. The Kier molecular flexibility index (Phi) is 4.82.